The van der Waals surface area contributed by atoms with Gasteiger partial charge in [-0.15, -0.1) is 0 Å². The van der Waals surface area contributed by atoms with Gasteiger partial charge in [-0.05, 0) is 89.1 Å². The largest absolute Gasteiger partial charge is 0.352 e. The van der Waals surface area contributed by atoms with Crippen LogP contribution in [0.3, 0.4) is 0 Å². The first-order valence-electron chi connectivity index (χ1n) is 11.6. The van der Waals surface area contributed by atoms with E-state index in [9.17, 15) is 10.1 Å². The topological polar surface area (TPSA) is 65.8 Å². The molecule has 0 saturated heterocycles. The first-order valence-corrected chi connectivity index (χ1v) is 12.7. The maximum atomic E-state index is 13.8. The van der Waals surface area contributed by atoms with Gasteiger partial charge >= 0.3 is 0 Å². The number of halogens is 2. The van der Waals surface area contributed by atoms with Gasteiger partial charge in [0.25, 0.3) is 0 Å². The zero-order valence-corrected chi connectivity index (χ0v) is 21.4. The van der Waals surface area contributed by atoms with Crippen molar-refractivity contribution in [2.24, 2.45) is 0 Å². The molecular formula is C28H27BrClN3O. The predicted molar refractivity (Wildman–Crippen MR) is 139 cm³/mol. The SMILES string of the molecule is CC(NC(=O)C1(c2cncc(Br)c2)CCCC1)C(Cc1ccc(Cl)cc1)c1cccc(C#N)c1. The molecular weight excluding hydrogens is 510 g/mol. The summed E-state index contributed by atoms with van der Waals surface area (Å²) in [4.78, 5) is 18.2. The van der Waals surface area contributed by atoms with E-state index in [1.807, 2.05) is 54.7 Å². The minimum Gasteiger partial charge on any atom is -0.352 e. The number of rotatable bonds is 7. The number of pyridine rings is 1. The molecule has 0 bridgehead atoms. The van der Waals surface area contributed by atoms with Crippen LogP contribution in [-0.2, 0) is 16.6 Å². The van der Waals surface area contributed by atoms with E-state index < -0.39 is 5.41 Å². The second-order valence-electron chi connectivity index (χ2n) is 9.12. The van der Waals surface area contributed by atoms with Gasteiger partial charge in [0.1, 0.15) is 0 Å². The lowest BCUT2D eigenvalue weighted by Crippen LogP contribution is -2.48. The molecule has 1 amide bonds. The van der Waals surface area contributed by atoms with E-state index in [1.165, 1.54) is 0 Å². The third-order valence-corrected chi connectivity index (χ3v) is 7.61. The van der Waals surface area contributed by atoms with E-state index in [1.54, 1.807) is 12.3 Å². The van der Waals surface area contributed by atoms with Crippen LogP contribution in [-0.4, -0.2) is 16.9 Å². The van der Waals surface area contributed by atoms with Crippen molar-refractivity contribution in [2.45, 2.75) is 56.4 Å². The minimum absolute atomic E-state index is 0.00230. The normalized spacial score (nSPS) is 16.4. The molecule has 174 valence electrons. The molecule has 1 heterocycles. The summed E-state index contributed by atoms with van der Waals surface area (Å²) in [6.07, 6.45) is 7.96. The van der Waals surface area contributed by atoms with E-state index in [0.29, 0.717) is 10.6 Å². The number of carbonyl (C=O) groups excluding carboxylic acids is 1. The number of amides is 1. The summed E-state index contributed by atoms with van der Waals surface area (Å²) in [5.41, 5.74) is 3.18. The fourth-order valence-corrected chi connectivity index (χ4v) is 5.53. The van der Waals surface area contributed by atoms with Crippen molar-refractivity contribution in [3.05, 3.63) is 98.7 Å². The third-order valence-electron chi connectivity index (χ3n) is 6.92. The molecule has 0 aliphatic heterocycles. The zero-order valence-electron chi connectivity index (χ0n) is 19.1. The molecule has 4 rings (SSSR count). The third kappa shape index (κ3) is 5.35. The van der Waals surface area contributed by atoms with Crippen LogP contribution in [0, 0.1) is 11.3 Å². The number of hydrogen-bond donors (Lipinski definition) is 1. The Hall–Kier alpha value is -2.68. The van der Waals surface area contributed by atoms with Crippen LogP contribution in [0.4, 0.5) is 0 Å². The van der Waals surface area contributed by atoms with Crippen molar-refractivity contribution in [3.8, 4) is 6.07 Å². The van der Waals surface area contributed by atoms with Crippen molar-refractivity contribution in [3.63, 3.8) is 0 Å². The number of hydrogen-bond acceptors (Lipinski definition) is 3. The average Bonchev–Trinajstić information content (AvgIpc) is 3.35. The summed E-state index contributed by atoms with van der Waals surface area (Å²) >= 11 is 9.60. The van der Waals surface area contributed by atoms with E-state index in [-0.39, 0.29) is 17.9 Å². The van der Waals surface area contributed by atoms with Gasteiger partial charge in [-0.3, -0.25) is 9.78 Å². The first kappa shape index (κ1) is 24.4. The summed E-state index contributed by atoms with van der Waals surface area (Å²) in [5, 5.41) is 13.5. The summed E-state index contributed by atoms with van der Waals surface area (Å²) in [6, 6.07) is 19.6. The summed E-state index contributed by atoms with van der Waals surface area (Å²) in [5.74, 6) is 0.0486. The van der Waals surface area contributed by atoms with Crippen LogP contribution in [0.5, 0.6) is 0 Å². The Balaban J connectivity index is 1.63. The van der Waals surface area contributed by atoms with Gasteiger partial charge in [0, 0.05) is 33.8 Å². The number of nitriles is 1. The predicted octanol–water partition coefficient (Wildman–Crippen LogP) is 6.71. The Bertz CT molecular complexity index is 1200. The molecule has 34 heavy (non-hydrogen) atoms. The van der Waals surface area contributed by atoms with Gasteiger partial charge in [0.05, 0.1) is 17.0 Å². The molecule has 1 aromatic heterocycles. The quantitative estimate of drug-likeness (QED) is 0.365. The Morgan fingerprint density at radius 3 is 2.59 bits per heavy atom. The second kappa shape index (κ2) is 10.7. The molecule has 2 atom stereocenters. The average molecular weight is 537 g/mol. The Kier molecular flexibility index (Phi) is 7.70. The van der Waals surface area contributed by atoms with Crippen LogP contribution in [0.15, 0.2) is 71.5 Å². The summed E-state index contributed by atoms with van der Waals surface area (Å²) in [6.45, 7) is 2.05. The molecule has 3 aromatic rings. The van der Waals surface area contributed by atoms with Crippen molar-refractivity contribution < 1.29 is 4.79 Å². The molecule has 1 aliphatic rings. The number of nitrogens with one attached hydrogen (secondary N) is 1. The van der Waals surface area contributed by atoms with Gasteiger partial charge < -0.3 is 5.32 Å². The van der Waals surface area contributed by atoms with Crippen LogP contribution in [0.1, 0.15) is 60.8 Å². The van der Waals surface area contributed by atoms with Crippen LogP contribution in [0.2, 0.25) is 5.02 Å². The molecule has 1 saturated carbocycles. The van der Waals surface area contributed by atoms with E-state index in [2.05, 4.69) is 39.2 Å². The van der Waals surface area contributed by atoms with Gasteiger partial charge in [-0.2, -0.15) is 5.26 Å². The highest BCUT2D eigenvalue weighted by atomic mass is 79.9. The highest BCUT2D eigenvalue weighted by Crippen LogP contribution is 2.42. The monoisotopic (exact) mass is 535 g/mol. The smallest absolute Gasteiger partial charge is 0.230 e. The molecule has 1 N–H and O–H groups in total. The van der Waals surface area contributed by atoms with Crippen LogP contribution >= 0.6 is 27.5 Å². The number of carbonyl (C=O) groups is 1. The van der Waals surface area contributed by atoms with Crippen molar-refractivity contribution in [1.29, 1.82) is 5.26 Å². The van der Waals surface area contributed by atoms with Crippen LogP contribution < -0.4 is 5.32 Å². The van der Waals surface area contributed by atoms with Gasteiger partial charge in [0.2, 0.25) is 5.91 Å². The Morgan fingerprint density at radius 2 is 1.91 bits per heavy atom. The fourth-order valence-electron chi connectivity index (χ4n) is 5.04. The lowest BCUT2D eigenvalue weighted by atomic mass is 9.78. The van der Waals surface area contributed by atoms with E-state index >= 15 is 0 Å². The maximum Gasteiger partial charge on any atom is 0.230 e. The lowest BCUT2D eigenvalue weighted by Gasteiger charge is -2.33. The van der Waals surface area contributed by atoms with Crippen molar-refractivity contribution >= 4 is 33.4 Å². The van der Waals surface area contributed by atoms with Crippen molar-refractivity contribution in [1.82, 2.24) is 10.3 Å². The molecule has 0 radical (unpaired) electrons. The molecule has 1 aliphatic carbocycles. The number of nitrogens with zero attached hydrogens (tertiary/aromatic N) is 2. The number of benzene rings is 2. The number of aromatic nitrogens is 1. The highest BCUT2D eigenvalue weighted by molar-refractivity contribution is 9.10. The van der Waals surface area contributed by atoms with Gasteiger partial charge in [-0.25, -0.2) is 0 Å². The van der Waals surface area contributed by atoms with E-state index in [0.717, 1.165) is 53.3 Å². The minimum atomic E-state index is -0.565. The molecule has 4 nitrogen and oxygen atoms in total. The zero-order chi connectivity index (χ0) is 24.1. The maximum absolute atomic E-state index is 13.8. The summed E-state index contributed by atoms with van der Waals surface area (Å²) in [7, 11) is 0. The van der Waals surface area contributed by atoms with Gasteiger partial charge in [-0.1, -0.05) is 48.7 Å². The molecule has 2 aromatic carbocycles. The standard InChI is InChI=1S/C28H27BrClN3O/c1-19(33-27(34)28(11-2-3-12-28)23-15-24(29)18-32-17-23)26(14-20-7-9-25(30)10-8-20)22-6-4-5-21(13-22)16-31/h4-10,13,15,17-19,26H,2-3,11-12,14H2,1H3,(H,33,34). The Morgan fingerprint density at radius 1 is 1.18 bits per heavy atom. The Labute approximate surface area is 214 Å². The molecule has 2 unspecified atom stereocenters. The van der Waals surface area contributed by atoms with Crippen molar-refractivity contribution in [2.75, 3.05) is 0 Å². The van der Waals surface area contributed by atoms with E-state index in [4.69, 9.17) is 11.6 Å². The molecule has 6 heteroatoms. The fraction of sp³-hybridized carbons (Fsp3) is 0.321. The molecule has 1 fully saturated rings. The second-order valence-corrected chi connectivity index (χ2v) is 10.5. The highest BCUT2D eigenvalue weighted by Gasteiger charge is 2.44. The molecule has 0 spiro atoms. The summed E-state index contributed by atoms with van der Waals surface area (Å²) < 4.78 is 0.881. The van der Waals surface area contributed by atoms with Gasteiger partial charge in [0.15, 0.2) is 0 Å². The van der Waals surface area contributed by atoms with Crippen LogP contribution in [0.25, 0.3) is 0 Å². The lowest BCUT2D eigenvalue weighted by molar-refractivity contribution is -0.127. The first-order chi connectivity index (χ1) is 16.4.